The molecule has 0 bridgehead atoms. The van der Waals surface area contributed by atoms with E-state index >= 15 is 0 Å². The summed E-state index contributed by atoms with van der Waals surface area (Å²) in [5.74, 6) is 1.47. The fraction of sp³-hybridized carbons (Fsp3) is 0.475. The first kappa shape index (κ1) is 40.6. The Hall–Kier alpha value is -5.17. The number of ether oxygens (including phenoxy) is 7. The molecular formula is C40H53N3O10. The van der Waals surface area contributed by atoms with Gasteiger partial charge in [0, 0.05) is 19.6 Å². The minimum Gasteiger partial charge on any atom is -0.493 e. The van der Waals surface area contributed by atoms with Gasteiger partial charge in [-0.25, -0.2) is 4.79 Å². The molecule has 1 fully saturated rings. The Morgan fingerprint density at radius 1 is 0.849 bits per heavy atom. The Morgan fingerprint density at radius 3 is 2.21 bits per heavy atom. The third-order valence-corrected chi connectivity index (χ3v) is 9.32. The van der Waals surface area contributed by atoms with Crippen LogP contribution in [-0.4, -0.2) is 90.5 Å². The number of rotatable bonds is 19. The summed E-state index contributed by atoms with van der Waals surface area (Å²) in [6, 6.07) is 15.6. The molecule has 288 valence electrons. The Labute approximate surface area is 311 Å². The van der Waals surface area contributed by atoms with Crippen molar-refractivity contribution in [3.05, 3.63) is 71.3 Å². The van der Waals surface area contributed by atoms with Crippen LogP contribution in [0.15, 0.2) is 54.6 Å². The zero-order valence-electron chi connectivity index (χ0n) is 31.6. The van der Waals surface area contributed by atoms with E-state index in [1.807, 2.05) is 31.2 Å². The van der Waals surface area contributed by atoms with E-state index in [1.165, 1.54) is 21.3 Å². The number of nitrogens with one attached hydrogen (secondary N) is 1. The molecule has 3 N–H and O–H groups in total. The molecule has 0 radical (unpaired) electrons. The fourth-order valence-corrected chi connectivity index (χ4v) is 6.56. The van der Waals surface area contributed by atoms with E-state index in [4.69, 9.17) is 38.9 Å². The highest BCUT2D eigenvalue weighted by Crippen LogP contribution is 2.41. The molecule has 1 heterocycles. The largest absolute Gasteiger partial charge is 0.493 e. The Kier molecular flexibility index (Phi) is 15.5. The van der Waals surface area contributed by atoms with Gasteiger partial charge < -0.3 is 49.1 Å². The molecule has 3 aromatic rings. The molecule has 2 amide bonds. The highest BCUT2D eigenvalue weighted by atomic mass is 16.5. The standard InChI is InChI=1S/C40H53N3O10/c1-7-30(28-23-35(49-4)38(51-6)36(24-28)50-5)39(45)43-20-9-8-13-31(43)40(46)53-32(16-14-26-15-17-33(47-2)34(21-26)48-3)27-11-10-12-29(22-27)52-25-37(44)42-19-18-41/h10-12,15,17,21-24,30-32H,7-9,13-14,16,18-20,25,41H2,1-6H3,(H,42,44)/t30-,31-,32+/m0/s1. The van der Waals surface area contributed by atoms with Crippen molar-refractivity contribution in [1.82, 2.24) is 10.2 Å². The molecule has 13 nitrogen and oxygen atoms in total. The summed E-state index contributed by atoms with van der Waals surface area (Å²) in [4.78, 5) is 42.4. The van der Waals surface area contributed by atoms with E-state index < -0.39 is 24.0 Å². The number of amides is 2. The molecule has 0 aliphatic carbocycles. The number of likely N-dealkylation sites (tertiary alicyclic amines) is 1. The van der Waals surface area contributed by atoms with Gasteiger partial charge in [0.15, 0.2) is 29.6 Å². The maximum absolute atomic E-state index is 14.3. The number of nitrogens with zero attached hydrogens (tertiary/aromatic N) is 1. The number of hydrogen-bond acceptors (Lipinski definition) is 11. The van der Waals surface area contributed by atoms with E-state index in [0.29, 0.717) is 90.9 Å². The van der Waals surface area contributed by atoms with Gasteiger partial charge in [0.05, 0.1) is 41.5 Å². The van der Waals surface area contributed by atoms with Crippen molar-refractivity contribution in [2.24, 2.45) is 5.73 Å². The van der Waals surface area contributed by atoms with Crippen LogP contribution in [0.2, 0.25) is 0 Å². The molecule has 13 heteroatoms. The summed E-state index contributed by atoms with van der Waals surface area (Å²) in [6.45, 7) is 2.83. The second-order valence-corrected chi connectivity index (χ2v) is 12.6. The van der Waals surface area contributed by atoms with Gasteiger partial charge in [0.25, 0.3) is 5.91 Å². The minimum absolute atomic E-state index is 0.173. The third kappa shape index (κ3) is 10.5. The number of esters is 1. The molecule has 53 heavy (non-hydrogen) atoms. The summed E-state index contributed by atoms with van der Waals surface area (Å²) in [7, 11) is 7.75. The van der Waals surface area contributed by atoms with E-state index in [1.54, 1.807) is 49.5 Å². The average molecular weight is 736 g/mol. The van der Waals surface area contributed by atoms with Crippen LogP contribution < -0.4 is 39.5 Å². The van der Waals surface area contributed by atoms with Crippen molar-refractivity contribution in [3.63, 3.8) is 0 Å². The van der Waals surface area contributed by atoms with E-state index in [2.05, 4.69) is 5.32 Å². The first-order chi connectivity index (χ1) is 25.7. The van der Waals surface area contributed by atoms with Crippen LogP contribution in [-0.2, 0) is 25.5 Å². The topological polar surface area (TPSA) is 157 Å². The highest BCUT2D eigenvalue weighted by Gasteiger charge is 2.38. The van der Waals surface area contributed by atoms with Gasteiger partial charge in [0.1, 0.15) is 17.9 Å². The quantitative estimate of drug-likeness (QED) is 0.160. The molecule has 3 atom stereocenters. The van der Waals surface area contributed by atoms with E-state index in [0.717, 1.165) is 18.4 Å². The van der Waals surface area contributed by atoms with Crippen LogP contribution >= 0.6 is 0 Å². The van der Waals surface area contributed by atoms with Gasteiger partial charge in [-0.2, -0.15) is 0 Å². The first-order valence-corrected chi connectivity index (χ1v) is 17.9. The van der Waals surface area contributed by atoms with Gasteiger partial charge >= 0.3 is 5.97 Å². The van der Waals surface area contributed by atoms with Gasteiger partial charge in [-0.1, -0.05) is 25.1 Å². The van der Waals surface area contributed by atoms with Gasteiger partial charge in [-0.15, -0.1) is 0 Å². The molecule has 4 rings (SSSR count). The number of hydrogen-bond donors (Lipinski definition) is 2. The van der Waals surface area contributed by atoms with E-state index in [9.17, 15) is 14.4 Å². The molecule has 0 spiro atoms. The maximum Gasteiger partial charge on any atom is 0.329 e. The van der Waals surface area contributed by atoms with Crippen molar-refractivity contribution < 1.29 is 47.5 Å². The SMILES string of the molecule is CC[C@H](C(=O)N1CCCC[C@H]1C(=O)O[C@H](CCc1ccc(OC)c(OC)c1)c1cccc(OCC(=O)NCCN)c1)c1cc(OC)c(OC)c(OC)c1. The summed E-state index contributed by atoms with van der Waals surface area (Å²) < 4.78 is 39.6. The monoisotopic (exact) mass is 735 g/mol. The second kappa shape index (κ2) is 20.2. The average Bonchev–Trinajstić information content (AvgIpc) is 3.20. The van der Waals surface area contributed by atoms with Crippen LogP contribution in [0.1, 0.15) is 67.7 Å². The number of aryl methyl sites for hydroxylation is 1. The zero-order chi connectivity index (χ0) is 38.3. The van der Waals surface area contributed by atoms with Crippen LogP contribution in [0.5, 0.6) is 34.5 Å². The lowest BCUT2D eigenvalue weighted by Gasteiger charge is -2.37. The lowest BCUT2D eigenvalue weighted by molar-refractivity contribution is -0.162. The molecular weight excluding hydrogens is 682 g/mol. The van der Waals surface area contributed by atoms with E-state index in [-0.39, 0.29) is 18.4 Å². The summed E-state index contributed by atoms with van der Waals surface area (Å²) in [5, 5.41) is 2.68. The minimum atomic E-state index is -0.776. The molecule has 1 saturated heterocycles. The number of carbonyl (C=O) groups is 3. The predicted molar refractivity (Wildman–Crippen MR) is 199 cm³/mol. The van der Waals surface area contributed by atoms with Crippen LogP contribution in [0.3, 0.4) is 0 Å². The van der Waals surface area contributed by atoms with Gasteiger partial charge in [-0.05, 0) is 91.6 Å². The van der Waals surface area contributed by atoms with Crippen molar-refractivity contribution in [2.75, 3.05) is 61.8 Å². The maximum atomic E-state index is 14.3. The number of carbonyl (C=O) groups excluding carboxylic acids is 3. The number of nitrogens with two attached hydrogens (primary N) is 1. The molecule has 0 aromatic heterocycles. The lowest BCUT2D eigenvalue weighted by Crippen LogP contribution is -2.50. The van der Waals surface area contributed by atoms with Crippen molar-refractivity contribution in [3.8, 4) is 34.5 Å². The molecule has 1 aliphatic heterocycles. The molecule has 0 saturated carbocycles. The predicted octanol–water partition coefficient (Wildman–Crippen LogP) is 4.98. The Bertz CT molecular complexity index is 1660. The molecule has 1 aliphatic rings. The van der Waals surface area contributed by atoms with Crippen molar-refractivity contribution >= 4 is 17.8 Å². The lowest BCUT2D eigenvalue weighted by atomic mass is 9.91. The molecule has 0 unspecified atom stereocenters. The zero-order valence-corrected chi connectivity index (χ0v) is 31.6. The first-order valence-electron chi connectivity index (χ1n) is 17.9. The van der Waals surface area contributed by atoms with Crippen LogP contribution in [0.4, 0.5) is 0 Å². The van der Waals surface area contributed by atoms with Crippen molar-refractivity contribution in [2.45, 2.75) is 63.5 Å². The highest BCUT2D eigenvalue weighted by molar-refractivity contribution is 5.89. The van der Waals surface area contributed by atoms with Crippen LogP contribution in [0.25, 0.3) is 0 Å². The smallest absolute Gasteiger partial charge is 0.329 e. The Balaban J connectivity index is 1.60. The summed E-state index contributed by atoms with van der Waals surface area (Å²) >= 11 is 0. The fourth-order valence-electron chi connectivity index (χ4n) is 6.56. The second-order valence-electron chi connectivity index (χ2n) is 12.6. The van der Waals surface area contributed by atoms with Crippen LogP contribution in [0, 0.1) is 0 Å². The van der Waals surface area contributed by atoms with Crippen molar-refractivity contribution in [1.29, 1.82) is 0 Å². The normalized spacial score (nSPS) is 15.1. The van der Waals surface area contributed by atoms with Gasteiger partial charge in [-0.3, -0.25) is 9.59 Å². The number of methoxy groups -OCH3 is 5. The summed E-state index contributed by atoms with van der Waals surface area (Å²) in [5.41, 5.74) is 7.84. The summed E-state index contributed by atoms with van der Waals surface area (Å²) in [6.07, 6.45) is 2.77. The van der Waals surface area contributed by atoms with Gasteiger partial charge in [0.2, 0.25) is 11.7 Å². The third-order valence-electron chi connectivity index (χ3n) is 9.32. The molecule has 3 aromatic carbocycles. The number of benzene rings is 3. The Morgan fingerprint density at radius 2 is 1.57 bits per heavy atom. The number of piperidine rings is 1.